The van der Waals surface area contributed by atoms with Crippen LogP contribution in [0, 0.1) is 6.92 Å². The van der Waals surface area contributed by atoms with Gasteiger partial charge in [-0.3, -0.25) is 4.79 Å². The summed E-state index contributed by atoms with van der Waals surface area (Å²) in [6, 6.07) is 11.0. The molecule has 3 rings (SSSR count). The van der Waals surface area contributed by atoms with Gasteiger partial charge in [-0.05, 0) is 43.7 Å². The van der Waals surface area contributed by atoms with E-state index in [1.807, 2.05) is 32.0 Å². The normalized spacial score (nSPS) is 11.0. The molecule has 1 aromatic heterocycles. The summed E-state index contributed by atoms with van der Waals surface area (Å²) in [6.07, 6.45) is 1.84. The molecule has 4 heteroatoms. The highest BCUT2D eigenvalue weighted by atomic mass is 32.1. The van der Waals surface area contributed by atoms with Crippen molar-refractivity contribution in [1.82, 2.24) is 0 Å². The first-order valence-corrected chi connectivity index (χ1v) is 8.56. The van der Waals surface area contributed by atoms with E-state index >= 15 is 0 Å². The first kappa shape index (κ1) is 15.7. The van der Waals surface area contributed by atoms with Gasteiger partial charge in [-0.15, -0.1) is 11.3 Å². The molecule has 0 unspecified atom stereocenters. The molecule has 0 aliphatic heterocycles. The van der Waals surface area contributed by atoms with E-state index in [1.165, 1.54) is 11.3 Å². The van der Waals surface area contributed by atoms with Crippen LogP contribution in [0.2, 0.25) is 0 Å². The van der Waals surface area contributed by atoms with E-state index in [4.69, 9.17) is 4.74 Å². The Kier molecular flexibility index (Phi) is 4.44. The van der Waals surface area contributed by atoms with E-state index in [9.17, 15) is 9.59 Å². The second-order valence-electron chi connectivity index (χ2n) is 5.63. The van der Waals surface area contributed by atoms with Gasteiger partial charge in [0.2, 0.25) is 0 Å². The predicted octanol–water partition coefficient (Wildman–Crippen LogP) is 4.68. The average molecular weight is 326 g/mol. The molecule has 2 aromatic carbocycles. The molecule has 0 spiro atoms. The van der Waals surface area contributed by atoms with Crippen molar-refractivity contribution in [2.75, 3.05) is 6.61 Å². The summed E-state index contributed by atoms with van der Waals surface area (Å²) in [7, 11) is 0. The number of fused-ring (bicyclic) bond motifs is 2. The van der Waals surface area contributed by atoms with Crippen LogP contribution in [0.25, 0.3) is 20.2 Å². The van der Waals surface area contributed by atoms with Crippen molar-refractivity contribution in [3.63, 3.8) is 0 Å². The molecular formula is C19H18O3S. The van der Waals surface area contributed by atoms with Gasteiger partial charge in [0.1, 0.15) is 0 Å². The SMILES string of the molecule is CCCCOC(=O)c1ccc2c(=O)c3cc(C)ccc3sc2c1. The van der Waals surface area contributed by atoms with Gasteiger partial charge >= 0.3 is 5.97 Å². The number of hydrogen-bond acceptors (Lipinski definition) is 4. The van der Waals surface area contributed by atoms with Crippen molar-refractivity contribution in [1.29, 1.82) is 0 Å². The van der Waals surface area contributed by atoms with Crippen molar-refractivity contribution in [2.24, 2.45) is 0 Å². The molecule has 0 atom stereocenters. The van der Waals surface area contributed by atoms with Gasteiger partial charge in [0.05, 0.1) is 12.2 Å². The number of hydrogen-bond donors (Lipinski definition) is 0. The lowest BCUT2D eigenvalue weighted by atomic mass is 10.1. The summed E-state index contributed by atoms with van der Waals surface area (Å²) in [6.45, 7) is 4.46. The van der Waals surface area contributed by atoms with Crippen LogP contribution in [-0.4, -0.2) is 12.6 Å². The van der Waals surface area contributed by atoms with Crippen LogP contribution < -0.4 is 5.43 Å². The Bertz CT molecular complexity index is 940. The van der Waals surface area contributed by atoms with Crippen molar-refractivity contribution < 1.29 is 9.53 Å². The number of aryl methyl sites for hydroxylation is 1. The summed E-state index contributed by atoms with van der Waals surface area (Å²) in [5.41, 5.74) is 1.58. The van der Waals surface area contributed by atoms with Gasteiger partial charge in [-0.25, -0.2) is 4.79 Å². The molecule has 0 aliphatic rings. The quantitative estimate of drug-likeness (QED) is 0.397. The fourth-order valence-electron chi connectivity index (χ4n) is 2.49. The van der Waals surface area contributed by atoms with E-state index in [2.05, 4.69) is 0 Å². The highest BCUT2D eigenvalue weighted by Gasteiger charge is 2.11. The van der Waals surface area contributed by atoms with Crippen LogP contribution in [0.1, 0.15) is 35.7 Å². The molecule has 3 nitrogen and oxygen atoms in total. The van der Waals surface area contributed by atoms with Crippen molar-refractivity contribution >= 4 is 37.5 Å². The Balaban J connectivity index is 2.06. The lowest BCUT2D eigenvalue weighted by Crippen LogP contribution is -2.07. The topological polar surface area (TPSA) is 43.4 Å². The van der Waals surface area contributed by atoms with E-state index in [0.717, 1.165) is 33.2 Å². The molecule has 0 saturated carbocycles. The van der Waals surface area contributed by atoms with Gasteiger partial charge in [0.25, 0.3) is 0 Å². The van der Waals surface area contributed by atoms with E-state index in [-0.39, 0.29) is 11.4 Å². The zero-order valence-electron chi connectivity index (χ0n) is 13.2. The molecule has 0 bridgehead atoms. The van der Waals surface area contributed by atoms with Crippen LogP contribution in [0.3, 0.4) is 0 Å². The number of unbranched alkanes of at least 4 members (excludes halogenated alkanes) is 1. The maximum absolute atomic E-state index is 12.6. The van der Waals surface area contributed by atoms with Gasteiger partial charge in [-0.1, -0.05) is 25.0 Å². The summed E-state index contributed by atoms with van der Waals surface area (Å²) in [5, 5.41) is 1.39. The van der Waals surface area contributed by atoms with E-state index in [0.29, 0.717) is 17.6 Å². The van der Waals surface area contributed by atoms with Gasteiger partial charge in [-0.2, -0.15) is 0 Å². The summed E-state index contributed by atoms with van der Waals surface area (Å²) in [4.78, 5) is 24.7. The first-order valence-electron chi connectivity index (χ1n) is 7.74. The average Bonchev–Trinajstić information content (AvgIpc) is 2.55. The first-order chi connectivity index (χ1) is 11.1. The van der Waals surface area contributed by atoms with Gasteiger partial charge < -0.3 is 4.74 Å². The number of carbonyl (C=O) groups is 1. The number of rotatable bonds is 4. The molecule has 0 N–H and O–H groups in total. The smallest absolute Gasteiger partial charge is 0.338 e. The Morgan fingerprint density at radius 3 is 2.70 bits per heavy atom. The van der Waals surface area contributed by atoms with Crippen LogP contribution in [0.4, 0.5) is 0 Å². The fourth-order valence-corrected chi connectivity index (χ4v) is 3.58. The molecule has 0 saturated heterocycles. The zero-order valence-corrected chi connectivity index (χ0v) is 14.0. The Hall–Kier alpha value is -2.20. The largest absolute Gasteiger partial charge is 0.462 e. The second-order valence-corrected chi connectivity index (χ2v) is 6.71. The Morgan fingerprint density at radius 1 is 1.09 bits per heavy atom. The minimum atomic E-state index is -0.330. The third-order valence-corrected chi connectivity index (χ3v) is 4.93. The number of benzene rings is 2. The minimum absolute atomic E-state index is 0.0170. The Morgan fingerprint density at radius 2 is 1.91 bits per heavy atom. The van der Waals surface area contributed by atoms with E-state index < -0.39 is 0 Å². The molecule has 3 aromatic rings. The van der Waals surface area contributed by atoms with Crippen LogP contribution in [0.5, 0.6) is 0 Å². The number of ether oxygens (including phenoxy) is 1. The maximum atomic E-state index is 12.6. The fraction of sp³-hybridized carbons (Fsp3) is 0.263. The Labute approximate surface area is 138 Å². The molecule has 0 radical (unpaired) electrons. The molecule has 1 heterocycles. The molecule has 0 fully saturated rings. The molecule has 23 heavy (non-hydrogen) atoms. The van der Waals surface area contributed by atoms with Crippen molar-refractivity contribution in [2.45, 2.75) is 26.7 Å². The summed E-state index contributed by atoms with van der Waals surface area (Å²) < 4.78 is 6.99. The van der Waals surface area contributed by atoms with E-state index in [1.54, 1.807) is 18.2 Å². The molecule has 0 aliphatic carbocycles. The monoisotopic (exact) mass is 326 g/mol. The summed E-state index contributed by atoms with van der Waals surface area (Å²) >= 11 is 1.53. The van der Waals surface area contributed by atoms with Gasteiger partial charge in [0.15, 0.2) is 5.43 Å². The molecule has 118 valence electrons. The minimum Gasteiger partial charge on any atom is -0.462 e. The van der Waals surface area contributed by atoms with Gasteiger partial charge in [0, 0.05) is 20.2 Å². The van der Waals surface area contributed by atoms with Crippen LogP contribution in [0.15, 0.2) is 41.2 Å². The molecule has 0 amide bonds. The maximum Gasteiger partial charge on any atom is 0.338 e. The van der Waals surface area contributed by atoms with Crippen LogP contribution >= 0.6 is 11.3 Å². The van der Waals surface area contributed by atoms with Crippen LogP contribution in [-0.2, 0) is 4.74 Å². The highest BCUT2D eigenvalue weighted by molar-refractivity contribution is 7.24. The third kappa shape index (κ3) is 3.13. The highest BCUT2D eigenvalue weighted by Crippen LogP contribution is 2.26. The van der Waals surface area contributed by atoms with Crippen molar-refractivity contribution in [3.8, 4) is 0 Å². The summed E-state index contributed by atoms with van der Waals surface area (Å²) in [5.74, 6) is -0.330. The zero-order chi connectivity index (χ0) is 16.4. The van der Waals surface area contributed by atoms with Crippen molar-refractivity contribution in [3.05, 3.63) is 57.7 Å². The lowest BCUT2D eigenvalue weighted by molar-refractivity contribution is 0.0500. The second kappa shape index (κ2) is 6.50. The number of carbonyl (C=O) groups excluding carboxylic acids is 1. The predicted molar refractivity (Wildman–Crippen MR) is 95.5 cm³/mol. The lowest BCUT2D eigenvalue weighted by Gasteiger charge is -2.06. The standard InChI is InChI=1S/C19H18O3S/c1-3-4-9-22-19(21)13-6-7-14-17(11-13)23-16-8-5-12(2)10-15(16)18(14)20/h5-8,10-11H,3-4,9H2,1-2H3. The third-order valence-electron chi connectivity index (χ3n) is 3.79. The number of esters is 1. The molecular weight excluding hydrogens is 308 g/mol.